The predicted octanol–water partition coefficient (Wildman–Crippen LogP) is 1.36. The van der Waals surface area contributed by atoms with Crippen LogP contribution in [-0.2, 0) is 20.6 Å². The van der Waals surface area contributed by atoms with Crippen molar-refractivity contribution in [3.63, 3.8) is 0 Å². The van der Waals surface area contributed by atoms with Crippen LogP contribution >= 0.6 is 0 Å². The second-order valence-corrected chi connectivity index (χ2v) is 5.80. The van der Waals surface area contributed by atoms with E-state index < -0.39 is 16.0 Å². The quantitative estimate of drug-likeness (QED) is 0.699. The van der Waals surface area contributed by atoms with Crippen molar-refractivity contribution < 1.29 is 18.3 Å². The summed E-state index contributed by atoms with van der Waals surface area (Å²) in [4.78, 5) is 10.3. The molecule has 0 aliphatic heterocycles. The molecule has 100 valence electrons. The number of carboxylic acid groups (broad SMARTS) is 1. The average molecular weight is 271 g/mol. The maximum absolute atomic E-state index is 11.7. The van der Waals surface area contributed by atoms with Crippen LogP contribution in [0.4, 0.5) is 0 Å². The van der Waals surface area contributed by atoms with Gasteiger partial charge in [0.1, 0.15) is 0 Å². The van der Waals surface area contributed by atoms with Gasteiger partial charge in [-0.05, 0) is 18.4 Å². The molecule has 2 N–H and O–H groups in total. The Balaban J connectivity index is 2.30. The molecule has 1 aromatic rings. The minimum atomic E-state index is -3.33. The van der Waals surface area contributed by atoms with Crippen LogP contribution in [-0.4, -0.2) is 26.0 Å². The van der Waals surface area contributed by atoms with E-state index in [4.69, 9.17) is 5.11 Å². The van der Waals surface area contributed by atoms with Gasteiger partial charge in [-0.2, -0.15) is 0 Å². The molecule has 0 amide bonds. The first-order valence-electron chi connectivity index (χ1n) is 5.73. The van der Waals surface area contributed by atoms with E-state index in [-0.39, 0.29) is 18.7 Å². The predicted molar refractivity (Wildman–Crippen MR) is 68.6 cm³/mol. The Morgan fingerprint density at radius 1 is 1.17 bits per heavy atom. The molecule has 0 spiro atoms. The number of hydrogen-bond acceptors (Lipinski definition) is 3. The summed E-state index contributed by atoms with van der Waals surface area (Å²) in [5, 5.41) is 8.43. The highest BCUT2D eigenvalue weighted by Gasteiger charge is 2.10. The van der Waals surface area contributed by atoms with E-state index in [0.717, 1.165) is 5.56 Å². The highest BCUT2D eigenvalue weighted by molar-refractivity contribution is 7.88. The zero-order valence-electron chi connectivity index (χ0n) is 10.0. The molecule has 0 unspecified atom stereocenters. The van der Waals surface area contributed by atoms with Crippen LogP contribution in [0.15, 0.2) is 30.3 Å². The van der Waals surface area contributed by atoms with Gasteiger partial charge in [-0.3, -0.25) is 4.79 Å². The second-order valence-electron chi connectivity index (χ2n) is 3.99. The number of hydrogen-bond donors (Lipinski definition) is 2. The van der Waals surface area contributed by atoms with Gasteiger partial charge in [0.15, 0.2) is 0 Å². The lowest BCUT2D eigenvalue weighted by molar-refractivity contribution is -0.137. The van der Waals surface area contributed by atoms with Gasteiger partial charge in [0, 0.05) is 13.0 Å². The van der Waals surface area contributed by atoms with Gasteiger partial charge in [-0.25, -0.2) is 13.1 Å². The Morgan fingerprint density at radius 3 is 2.44 bits per heavy atom. The Bertz CT molecular complexity index is 470. The molecule has 0 bridgehead atoms. The third-order valence-corrected chi connectivity index (χ3v) is 3.70. The van der Waals surface area contributed by atoms with Gasteiger partial charge in [0.2, 0.25) is 10.0 Å². The minimum Gasteiger partial charge on any atom is -0.481 e. The number of rotatable bonds is 8. The van der Waals surface area contributed by atoms with Gasteiger partial charge in [-0.1, -0.05) is 30.3 Å². The van der Waals surface area contributed by atoms with E-state index in [2.05, 4.69) is 4.72 Å². The van der Waals surface area contributed by atoms with Gasteiger partial charge in [0.05, 0.1) is 5.75 Å². The van der Waals surface area contributed by atoms with Crippen molar-refractivity contribution in [2.24, 2.45) is 0 Å². The molecule has 5 nitrogen and oxygen atoms in total. The maximum Gasteiger partial charge on any atom is 0.303 e. The van der Waals surface area contributed by atoms with Crippen LogP contribution in [0.5, 0.6) is 0 Å². The van der Waals surface area contributed by atoms with Crippen molar-refractivity contribution >= 4 is 16.0 Å². The number of benzene rings is 1. The Morgan fingerprint density at radius 2 is 1.83 bits per heavy atom. The lowest BCUT2D eigenvalue weighted by atomic mass is 10.2. The molecule has 0 aliphatic carbocycles. The van der Waals surface area contributed by atoms with Crippen molar-refractivity contribution in [3.05, 3.63) is 35.9 Å². The van der Waals surface area contributed by atoms with E-state index >= 15 is 0 Å². The second kappa shape index (κ2) is 7.13. The Hall–Kier alpha value is -1.40. The summed E-state index contributed by atoms with van der Waals surface area (Å²) < 4.78 is 25.8. The fourth-order valence-electron chi connectivity index (χ4n) is 1.47. The largest absolute Gasteiger partial charge is 0.481 e. The van der Waals surface area contributed by atoms with Crippen LogP contribution in [0.3, 0.4) is 0 Å². The van der Waals surface area contributed by atoms with Crippen molar-refractivity contribution in [3.8, 4) is 0 Å². The summed E-state index contributed by atoms with van der Waals surface area (Å²) in [5.41, 5.74) is 0.732. The van der Waals surface area contributed by atoms with Crippen LogP contribution in [0, 0.1) is 0 Å². The third-order valence-electron chi connectivity index (χ3n) is 2.34. The van der Waals surface area contributed by atoms with Gasteiger partial charge >= 0.3 is 5.97 Å². The van der Waals surface area contributed by atoms with Gasteiger partial charge < -0.3 is 5.11 Å². The SMILES string of the molecule is O=C(O)CCCCNS(=O)(=O)Cc1ccccc1. The van der Waals surface area contributed by atoms with Crippen LogP contribution in [0.25, 0.3) is 0 Å². The van der Waals surface area contributed by atoms with Gasteiger partial charge in [0.25, 0.3) is 0 Å². The first-order valence-corrected chi connectivity index (χ1v) is 7.38. The van der Waals surface area contributed by atoms with Crippen molar-refractivity contribution in [2.75, 3.05) is 6.54 Å². The molecule has 0 heterocycles. The molecule has 0 saturated heterocycles. The topological polar surface area (TPSA) is 83.5 Å². The first kappa shape index (κ1) is 14.7. The molecule has 1 rings (SSSR count). The Kier molecular flexibility index (Phi) is 5.80. The molecule has 6 heteroatoms. The molecule has 0 saturated carbocycles. The normalized spacial score (nSPS) is 11.3. The van der Waals surface area contributed by atoms with Crippen LogP contribution in [0.1, 0.15) is 24.8 Å². The average Bonchev–Trinajstić information content (AvgIpc) is 2.28. The van der Waals surface area contributed by atoms with Crippen molar-refractivity contribution in [2.45, 2.75) is 25.0 Å². The number of sulfonamides is 1. The van der Waals surface area contributed by atoms with E-state index in [9.17, 15) is 13.2 Å². The van der Waals surface area contributed by atoms with Crippen LogP contribution in [0.2, 0.25) is 0 Å². The number of carbonyl (C=O) groups is 1. The van der Waals surface area contributed by atoms with Gasteiger partial charge in [-0.15, -0.1) is 0 Å². The zero-order valence-corrected chi connectivity index (χ0v) is 10.8. The smallest absolute Gasteiger partial charge is 0.303 e. The monoisotopic (exact) mass is 271 g/mol. The summed E-state index contributed by atoms with van der Waals surface area (Å²) in [6.45, 7) is 0.280. The van der Waals surface area contributed by atoms with E-state index in [0.29, 0.717) is 12.8 Å². The lowest BCUT2D eigenvalue weighted by Gasteiger charge is -2.06. The summed E-state index contributed by atoms with van der Waals surface area (Å²) in [7, 11) is -3.33. The highest BCUT2D eigenvalue weighted by atomic mass is 32.2. The highest BCUT2D eigenvalue weighted by Crippen LogP contribution is 2.04. The fraction of sp³-hybridized carbons (Fsp3) is 0.417. The first-order chi connectivity index (χ1) is 8.49. The molecule has 18 heavy (non-hydrogen) atoms. The van der Waals surface area contributed by atoms with Crippen molar-refractivity contribution in [1.29, 1.82) is 0 Å². The number of nitrogens with one attached hydrogen (secondary N) is 1. The zero-order chi connectivity index (χ0) is 13.4. The molecule has 0 aliphatic rings. The minimum absolute atomic E-state index is 0.0488. The van der Waals surface area contributed by atoms with E-state index in [1.54, 1.807) is 24.3 Å². The summed E-state index contributed by atoms with van der Waals surface area (Å²) >= 11 is 0. The number of aliphatic carboxylic acids is 1. The van der Waals surface area contributed by atoms with Crippen LogP contribution < -0.4 is 4.72 Å². The van der Waals surface area contributed by atoms with E-state index in [1.807, 2.05) is 6.07 Å². The van der Waals surface area contributed by atoms with Crippen molar-refractivity contribution in [1.82, 2.24) is 4.72 Å². The number of unbranched alkanes of at least 4 members (excludes halogenated alkanes) is 1. The fourth-order valence-corrected chi connectivity index (χ4v) is 2.66. The third kappa shape index (κ3) is 6.36. The maximum atomic E-state index is 11.7. The van der Waals surface area contributed by atoms with E-state index in [1.165, 1.54) is 0 Å². The molecule has 1 aromatic carbocycles. The molecular formula is C12H17NO4S. The Labute approximate surface area is 107 Å². The molecule has 0 radical (unpaired) electrons. The number of carboxylic acids is 1. The standard InChI is InChI=1S/C12H17NO4S/c14-12(15)8-4-5-9-13-18(16,17)10-11-6-2-1-3-7-11/h1-3,6-7,13H,4-5,8-10H2,(H,14,15). The molecule has 0 aromatic heterocycles. The summed E-state index contributed by atoms with van der Waals surface area (Å²) in [5.74, 6) is -0.908. The summed E-state index contributed by atoms with van der Waals surface area (Å²) in [6.07, 6.45) is 1.07. The summed E-state index contributed by atoms with van der Waals surface area (Å²) in [6, 6.07) is 8.91. The molecular weight excluding hydrogens is 254 g/mol. The molecule has 0 fully saturated rings. The lowest BCUT2D eigenvalue weighted by Crippen LogP contribution is -2.26. The molecule has 0 atom stereocenters.